The van der Waals surface area contributed by atoms with E-state index < -0.39 is 21.0 Å². The summed E-state index contributed by atoms with van der Waals surface area (Å²) in [6.45, 7) is 16.5. The molecule has 0 aliphatic carbocycles. The van der Waals surface area contributed by atoms with Gasteiger partial charge in [0.15, 0.2) is 0 Å². The summed E-state index contributed by atoms with van der Waals surface area (Å²) in [5.41, 5.74) is 7.78. The van der Waals surface area contributed by atoms with Crippen LogP contribution in [-0.4, -0.2) is 98.5 Å². The molecule has 2 fully saturated rings. The maximum Gasteiger partial charge on any atom is 0.500 e. The van der Waals surface area contributed by atoms with E-state index in [1.165, 1.54) is 5.56 Å². The van der Waals surface area contributed by atoms with Gasteiger partial charge in [-0.15, -0.1) is 11.6 Å². The first-order valence-electron chi connectivity index (χ1n) is 19.5. The third-order valence-electron chi connectivity index (χ3n) is 9.51. The number of halogens is 1. The lowest BCUT2D eigenvalue weighted by molar-refractivity contribution is 0.0703. The van der Waals surface area contributed by atoms with Crippen molar-refractivity contribution in [1.29, 1.82) is 0 Å². The molecule has 2 saturated heterocycles. The van der Waals surface area contributed by atoms with Crippen LogP contribution < -0.4 is 19.5 Å². The summed E-state index contributed by atoms with van der Waals surface area (Å²) in [5.74, 6) is 2.59. The lowest BCUT2D eigenvalue weighted by Crippen LogP contribution is -2.46. The smallest absolute Gasteiger partial charge is 0.491 e. The first-order valence-corrected chi connectivity index (χ1v) is 22.0. The van der Waals surface area contributed by atoms with Gasteiger partial charge in [-0.25, -0.2) is 4.79 Å². The Bertz CT molecular complexity index is 1670. The van der Waals surface area contributed by atoms with Crippen LogP contribution in [0.4, 0.5) is 4.79 Å². The number of carbonyl (C=O) groups excluding carboxylic acids is 1. The highest BCUT2D eigenvalue weighted by Crippen LogP contribution is 2.32. The van der Waals surface area contributed by atoms with Crippen molar-refractivity contribution in [2.75, 3.05) is 65.3 Å². The Balaban J connectivity index is 1.20. The minimum absolute atomic E-state index is 0.00137. The van der Waals surface area contributed by atoms with E-state index in [4.69, 9.17) is 53.3 Å². The first kappa shape index (κ1) is 42.8. The van der Waals surface area contributed by atoms with Crippen molar-refractivity contribution < 1.29 is 46.5 Å². The predicted molar refractivity (Wildman–Crippen MR) is 214 cm³/mol. The van der Waals surface area contributed by atoms with Crippen LogP contribution >= 0.6 is 11.6 Å². The lowest BCUT2D eigenvalue weighted by atomic mass is 9.93. The molecule has 0 saturated carbocycles. The van der Waals surface area contributed by atoms with Gasteiger partial charge in [0.25, 0.3) is 0 Å². The SMILES string of the molecule is CCO[Si](CCCNC(=O)OCC(CCl)Oc1cccc(Cc2cc(Cc3ccc(C)c(OCC4CO4)c3)c(C)c(OCC3CO3)c2)c1C)(OCC)OCC. The Labute approximate surface area is 332 Å². The molecule has 1 N–H and O–H groups in total. The van der Waals surface area contributed by atoms with Crippen LogP contribution in [0.1, 0.15) is 66.1 Å². The molecule has 13 heteroatoms. The van der Waals surface area contributed by atoms with E-state index in [0.29, 0.717) is 64.2 Å². The van der Waals surface area contributed by atoms with Gasteiger partial charge in [-0.2, -0.15) is 0 Å². The van der Waals surface area contributed by atoms with Crippen molar-refractivity contribution in [2.45, 2.75) is 85.2 Å². The molecule has 0 bridgehead atoms. The van der Waals surface area contributed by atoms with Crippen molar-refractivity contribution in [3.8, 4) is 17.2 Å². The summed E-state index contributed by atoms with van der Waals surface area (Å²) in [6.07, 6.45) is 1.30. The number of alkyl halides is 1. The number of hydrogen-bond donors (Lipinski definition) is 1. The van der Waals surface area contributed by atoms with Crippen LogP contribution in [0, 0.1) is 20.8 Å². The Kier molecular flexibility index (Phi) is 16.5. The van der Waals surface area contributed by atoms with Crippen molar-refractivity contribution in [2.24, 2.45) is 0 Å². The van der Waals surface area contributed by atoms with Crippen LogP contribution in [0.25, 0.3) is 0 Å². The molecule has 1 amide bonds. The second kappa shape index (κ2) is 21.2. The second-order valence-corrected chi connectivity index (χ2v) is 17.0. The van der Waals surface area contributed by atoms with Crippen LogP contribution in [0.2, 0.25) is 6.04 Å². The highest BCUT2D eigenvalue weighted by atomic mass is 35.5. The first-order chi connectivity index (χ1) is 26.6. The molecule has 5 rings (SSSR count). The quantitative estimate of drug-likeness (QED) is 0.0400. The Hall–Kier alpha value is -3.36. The number of ether oxygens (including phenoxy) is 6. The molecule has 3 aromatic rings. The van der Waals surface area contributed by atoms with Gasteiger partial charge in [-0.3, -0.25) is 0 Å². The zero-order chi connectivity index (χ0) is 39.2. The molecule has 2 heterocycles. The van der Waals surface area contributed by atoms with E-state index in [-0.39, 0.29) is 24.7 Å². The molecule has 55 heavy (non-hydrogen) atoms. The summed E-state index contributed by atoms with van der Waals surface area (Å²) < 4.78 is 52.7. The molecule has 2 aliphatic rings. The molecule has 0 spiro atoms. The molecule has 302 valence electrons. The number of benzene rings is 3. The zero-order valence-corrected chi connectivity index (χ0v) is 35.0. The van der Waals surface area contributed by atoms with E-state index in [0.717, 1.165) is 64.5 Å². The van der Waals surface area contributed by atoms with Gasteiger partial charge in [0, 0.05) is 32.4 Å². The largest absolute Gasteiger partial charge is 0.500 e. The number of carbonyl (C=O) groups is 1. The number of hydrogen-bond acceptors (Lipinski definition) is 10. The average Bonchev–Trinajstić information content (AvgIpc) is 4.11. The maximum atomic E-state index is 12.6. The fourth-order valence-electron chi connectivity index (χ4n) is 6.27. The summed E-state index contributed by atoms with van der Waals surface area (Å²) in [6, 6.07) is 17.4. The number of alkyl carbamates (subject to hydrolysis) is 1. The van der Waals surface area contributed by atoms with Gasteiger partial charge >= 0.3 is 14.9 Å². The molecule has 3 unspecified atom stereocenters. The number of epoxide rings is 2. The molecule has 11 nitrogen and oxygen atoms in total. The molecule has 3 aromatic carbocycles. The topological polar surface area (TPSA) is 119 Å². The van der Waals surface area contributed by atoms with Crippen molar-refractivity contribution in [3.05, 3.63) is 87.5 Å². The van der Waals surface area contributed by atoms with E-state index in [1.807, 2.05) is 39.8 Å². The number of rotatable bonds is 25. The van der Waals surface area contributed by atoms with Gasteiger partial charge in [0.2, 0.25) is 0 Å². The van der Waals surface area contributed by atoms with E-state index in [2.05, 4.69) is 55.6 Å². The number of nitrogens with one attached hydrogen (secondary N) is 1. The normalized spacial score (nSPS) is 16.7. The Morgan fingerprint density at radius 1 is 0.818 bits per heavy atom. The summed E-state index contributed by atoms with van der Waals surface area (Å²) >= 11 is 6.30. The minimum atomic E-state index is -2.77. The number of amides is 1. The fraction of sp³-hybridized carbons (Fsp3) is 0.548. The molecular weight excluding hydrogens is 742 g/mol. The maximum absolute atomic E-state index is 12.6. The van der Waals surface area contributed by atoms with Crippen molar-refractivity contribution in [1.82, 2.24) is 5.32 Å². The highest BCUT2D eigenvalue weighted by molar-refractivity contribution is 6.60. The Morgan fingerprint density at radius 2 is 1.44 bits per heavy atom. The van der Waals surface area contributed by atoms with Crippen LogP contribution in [-0.2, 0) is 40.3 Å². The van der Waals surface area contributed by atoms with Gasteiger partial charge in [0.05, 0.1) is 19.1 Å². The summed E-state index contributed by atoms with van der Waals surface area (Å²) in [5, 5.41) is 2.80. The predicted octanol–water partition coefficient (Wildman–Crippen LogP) is 7.50. The second-order valence-electron chi connectivity index (χ2n) is 13.9. The van der Waals surface area contributed by atoms with E-state index in [9.17, 15) is 4.79 Å². The third kappa shape index (κ3) is 13.4. The lowest BCUT2D eigenvalue weighted by Gasteiger charge is -2.28. The van der Waals surface area contributed by atoms with Crippen molar-refractivity contribution >= 4 is 26.5 Å². The van der Waals surface area contributed by atoms with Gasteiger partial charge in [-0.05, 0) is 118 Å². The van der Waals surface area contributed by atoms with Crippen LogP contribution in [0.3, 0.4) is 0 Å². The van der Waals surface area contributed by atoms with Crippen molar-refractivity contribution in [3.63, 3.8) is 0 Å². The third-order valence-corrected chi connectivity index (χ3v) is 13.0. The molecule has 0 radical (unpaired) electrons. The molecule has 0 aromatic heterocycles. The zero-order valence-electron chi connectivity index (χ0n) is 33.2. The monoisotopic (exact) mass is 799 g/mol. The minimum Gasteiger partial charge on any atom is -0.491 e. The standard InChI is InChI=1S/C42H58ClNO10Si/c1-7-51-55(52-8-2,53-9-3)17-11-16-44-42(45)50-24-36(23-43)54-39-13-10-12-34(30(39)5)19-33-20-35(31(6)41(22-33)49-28-38-26-47-38)18-32-15-14-29(4)40(21-32)48-27-37-25-46-37/h10,12-15,20-22,36-38H,7-9,11,16-19,23-28H2,1-6H3,(H,44,45). The van der Waals surface area contributed by atoms with Crippen LogP contribution in [0.5, 0.6) is 17.2 Å². The van der Waals surface area contributed by atoms with Gasteiger partial charge in [0.1, 0.15) is 55.4 Å². The molecule has 2 aliphatic heterocycles. The highest BCUT2D eigenvalue weighted by Gasteiger charge is 2.39. The summed E-state index contributed by atoms with van der Waals surface area (Å²) in [7, 11) is -2.77. The number of aryl methyl sites for hydroxylation is 1. The van der Waals surface area contributed by atoms with E-state index >= 15 is 0 Å². The summed E-state index contributed by atoms with van der Waals surface area (Å²) in [4.78, 5) is 12.6. The van der Waals surface area contributed by atoms with Gasteiger partial charge < -0.3 is 47.0 Å². The van der Waals surface area contributed by atoms with Crippen LogP contribution in [0.15, 0.2) is 48.5 Å². The van der Waals surface area contributed by atoms with Gasteiger partial charge in [-0.1, -0.05) is 30.3 Å². The van der Waals surface area contributed by atoms with E-state index in [1.54, 1.807) is 0 Å². The fourth-order valence-corrected chi connectivity index (χ4v) is 9.04. The Morgan fingerprint density at radius 3 is 2.07 bits per heavy atom. The average molecular weight is 800 g/mol. The molecular formula is C42H58ClNO10Si. The molecule has 3 atom stereocenters.